The van der Waals surface area contributed by atoms with E-state index in [2.05, 4.69) is 0 Å². The number of Topliss-reactive ketones (excluding diaryl/α,β-unsaturated/α-hetero) is 1. The molecule has 5 nitrogen and oxygen atoms in total. The minimum Gasteiger partial charge on any atom is -0.497 e. The summed E-state index contributed by atoms with van der Waals surface area (Å²) in [7, 11) is 3.14. The van der Waals surface area contributed by atoms with Gasteiger partial charge in [-0.05, 0) is 43.2 Å². The molecule has 0 aromatic heterocycles. The highest BCUT2D eigenvalue weighted by Crippen LogP contribution is 2.46. The van der Waals surface area contributed by atoms with Gasteiger partial charge in [-0.15, -0.1) is 0 Å². The van der Waals surface area contributed by atoms with Crippen molar-refractivity contribution in [3.63, 3.8) is 0 Å². The van der Waals surface area contributed by atoms with Gasteiger partial charge in [-0.2, -0.15) is 0 Å². The van der Waals surface area contributed by atoms with Crippen LogP contribution in [-0.4, -0.2) is 25.9 Å². The fourth-order valence-electron chi connectivity index (χ4n) is 4.25. The van der Waals surface area contributed by atoms with Crippen molar-refractivity contribution in [2.45, 2.75) is 31.6 Å². The summed E-state index contributed by atoms with van der Waals surface area (Å²) in [4.78, 5) is 27.7. The molecule has 0 saturated heterocycles. The number of amides is 1. The topological polar surface area (TPSA) is 55.8 Å². The molecule has 1 aliphatic heterocycles. The van der Waals surface area contributed by atoms with E-state index in [4.69, 9.17) is 9.47 Å². The van der Waals surface area contributed by atoms with Crippen molar-refractivity contribution in [1.82, 2.24) is 0 Å². The van der Waals surface area contributed by atoms with Crippen LogP contribution in [0.1, 0.15) is 37.2 Å². The third-order valence-corrected chi connectivity index (χ3v) is 5.58. The second-order valence-corrected chi connectivity index (χ2v) is 7.21. The lowest BCUT2D eigenvalue weighted by Gasteiger charge is -2.38. The molecule has 1 amide bonds. The van der Waals surface area contributed by atoms with Gasteiger partial charge in [0, 0.05) is 47.3 Å². The molecule has 0 bridgehead atoms. The van der Waals surface area contributed by atoms with Crippen molar-refractivity contribution in [2.75, 3.05) is 19.1 Å². The predicted octanol–water partition coefficient (Wildman–Crippen LogP) is 4.37. The summed E-state index contributed by atoms with van der Waals surface area (Å²) in [6, 6.07) is 11.2. The zero-order chi connectivity index (χ0) is 20.5. The molecule has 0 saturated carbocycles. The summed E-state index contributed by atoms with van der Waals surface area (Å²) in [6.07, 6.45) is 1.91. The number of benzene rings is 2. The number of methoxy groups -OCH3 is 2. The smallest absolute Gasteiger partial charge is 0.232 e. The van der Waals surface area contributed by atoms with Gasteiger partial charge in [-0.1, -0.05) is 6.07 Å². The van der Waals surface area contributed by atoms with Crippen LogP contribution in [0.25, 0.3) is 0 Å². The van der Waals surface area contributed by atoms with Crippen LogP contribution in [-0.2, 0) is 9.59 Å². The predicted molar refractivity (Wildman–Crippen MR) is 107 cm³/mol. The Hall–Kier alpha value is -3.15. The molecule has 0 fully saturated rings. The van der Waals surface area contributed by atoms with Crippen LogP contribution >= 0.6 is 0 Å². The first-order valence-electron chi connectivity index (χ1n) is 9.60. The number of anilines is 1. The number of allylic oxidation sites excluding steroid dienone is 2. The SMILES string of the molecule is COc1ccc([C@H]2CC(=O)N(c3ccc(F)cc3)C3=C2C(=O)CCC3)c(OC)c1. The van der Waals surface area contributed by atoms with E-state index in [1.54, 1.807) is 37.3 Å². The van der Waals surface area contributed by atoms with Crippen molar-refractivity contribution in [3.05, 3.63) is 65.1 Å². The molecule has 6 heteroatoms. The van der Waals surface area contributed by atoms with Crippen molar-refractivity contribution in [2.24, 2.45) is 0 Å². The number of halogens is 1. The minimum absolute atomic E-state index is 0.0498. The van der Waals surface area contributed by atoms with Gasteiger partial charge in [-0.25, -0.2) is 4.39 Å². The van der Waals surface area contributed by atoms with E-state index in [-0.39, 0.29) is 29.8 Å². The molecule has 29 heavy (non-hydrogen) atoms. The van der Waals surface area contributed by atoms with Crippen LogP contribution in [0.15, 0.2) is 53.7 Å². The Morgan fingerprint density at radius 2 is 1.76 bits per heavy atom. The summed E-state index contributed by atoms with van der Waals surface area (Å²) < 4.78 is 24.2. The number of carbonyl (C=O) groups is 2. The molecular formula is C23H22FNO4. The van der Waals surface area contributed by atoms with E-state index in [1.807, 2.05) is 12.1 Å². The first-order valence-corrected chi connectivity index (χ1v) is 9.60. The van der Waals surface area contributed by atoms with Crippen LogP contribution < -0.4 is 14.4 Å². The number of rotatable bonds is 4. The Morgan fingerprint density at radius 3 is 2.45 bits per heavy atom. The molecule has 2 aliphatic rings. The van der Waals surface area contributed by atoms with E-state index in [0.29, 0.717) is 47.7 Å². The average Bonchev–Trinajstić information content (AvgIpc) is 2.73. The third kappa shape index (κ3) is 3.39. The first-order chi connectivity index (χ1) is 14.0. The molecule has 1 aliphatic carbocycles. The fraction of sp³-hybridized carbons (Fsp3) is 0.304. The summed E-state index contributed by atoms with van der Waals surface area (Å²) in [6.45, 7) is 0. The normalized spacial score (nSPS) is 19.3. The third-order valence-electron chi connectivity index (χ3n) is 5.58. The van der Waals surface area contributed by atoms with Gasteiger partial charge in [0.2, 0.25) is 5.91 Å². The highest BCUT2D eigenvalue weighted by atomic mass is 19.1. The van der Waals surface area contributed by atoms with Crippen LogP contribution in [0, 0.1) is 5.82 Å². The minimum atomic E-state index is -0.372. The van der Waals surface area contributed by atoms with Crippen LogP contribution in [0.2, 0.25) is 0 Å². The highest BCUT2D eigenvalue weighted by Gasteiger charge is 2.40. The van der Waals surface area contributed by atoms with Crippen LogP contribution in [0.3, 0.4) is 0 Å². The van der Waals surface area contributed by atoms with Gasteiger partial charge < -0.3 is 9.47 Å². The van der Waals surface area contributed by atoms with Gasteiger partial charge in [0.25, 0.3) is 0 Å². The number of carbonyl (C=O) groups excluding carboxylic acids is 2. The molecule has 2 aromatic rings. The lowest BCUT2D eigenvalue weighted by molar-refractivity contribution is -0.119. The average molecular weight is 395 g/mol. The second-order valence-electron chi connectivity index (χ2n) is 7.21. The molecule has 150 valence electrons. The quantitative estimate of drug-likeness (QED) is 0.771. The zero-order valence-electron chi connectivity index (χ0n) is 16.4. The maximum Gasteiger partial charge on any atom is 0.232 e. The molecule has 2 aromatic carbocycles. The van der Waals surface area contributed by atoms with Gasteiger partial charge in [0.05, 0.1) is 14.2 Å². The van der Waals surface area contributed by atoms with Gasteiger partial charge in [-0.3, -0.25) is 14.5 Å². The van der Waals surface area contributed by atoms with E-state index in [0.717, 1.165) is 5.56 Å². The van der Waals surface area contributed by atoms with Crippen molar-refractivity contribution in [1.29, 1.82) is 0 Å². The van der Waals surface area contributed by atoms with E-state index >= 15 is 0 Å². The first kappa shape index (κ1) is 19.2. The summed E-state index contributed by atoms with van der Waals surface area (Å²) in [5, 5.41) is 0. The monoisotopic (exact) mass is 395 g/mol. The molecule has 4 rings (SSSR count). The van der Waals surface area contributed by atoms with E-state index < -0.39 is 0 Å². The standard InChI is InChI=1S/C23H22FNO4/c1-28-16-10-11-17(21(12-16)29-2)18-13-22(27)25(15-8-6-14(24)7-9-15)19-4-3-5-20(26)23(18)19/h6-12,18H,3-5,13H2,1-2H3/t18-/m1/s1. The molecule has 0 spiro atoms. The van der Waals surface area contributed by atoms with Crippen molar-refractivity contribution < 1.29 is 23.5 Å². The Morgan fingerprint density at radius 1 is 1.00 bits per heavy atom. The maximum atomic E-state index is 13.4. The molecule has 0 radical (unpaired) electrons. The molecular weight excluding hydrogens is 373 g/mol. The Balaban J connectivity index is 1.85. The summed E-state index contributed by atoms with van der Waals surface area (Å²) in [5.74, 6) is 0.421. The Bertz CT molecular complexity index is 996. The lowest BCUT2D eigenvalue weighted by Crippen LogP contribution is -2.40. The number of ketones is 1. The van der Waals surface area contributed by atoms with Crippen LogP contribution in [0.4, 0.5) is 10.1 Å². The van der Waals surface area contributed by atoms with E-state index in [1.165, 1.54) is 12.1 Å². The summed E-state index contributed by atoms with van der Waals surface area (Å²) in [5.41, 5.74) is 2.75. The number of nitrogens with zero attached hydrogens (tertiary/aromatic N) is 1. The number of hydrogen-bond donors (Lipinski definition) is 0. The van der Waals surface area contributed by atoms with Crippen LogP contribution in [0.5, 0.6) is 11.5 Å². The largest absolute Gasteiger partial charge is 0.497 e. The number of hydrogen-bond acceptors (Lipinski definition) is 4. The van der Waals surface area contributed by atoms with Crippen molar-refractivity contribution >= 4 is 17.4 Å². The molecule has 0 N–H and O–H groups in total. The molecule has 1 atom stereocenters. The van der Waals surface area contributed by atoms with Gasteiger partial charge >= 0.3 is 0 Å². The van der Waals surface area contributed by atoms with Gasteiger partial charge in [0.15, 0.2) is 5.78 Å². The Labute approximate surface area is 168 Å². The zero-order valence-corrected chi connectivity index (χ0v) is 16.4. The number of ether oxygens (including phenoxy) is 2. The molecule has 0 unspecified atom stereocenters. The van der Waals surface area contributed by atoms with Crippen molar-refractivity contribution in [3.8, 4) is 11.5 Å². The maximum absolute atomic E-state index is 13.4. The van der Waals surface area contributed by atoms with Gasteiger partial charge in [0.1, 0.15) is 17.3 Å². The second kappa shape index (κ2) is 7.70. The molecule has 1 heterocycles. The van der Waals surface area contributed by atoms with E-state index in [9.17, 15) is 14.0 Å². The highest BCUT2D eigenvalue weighted by molar-refractivity contribution is 6.07. The Kier molecular flexibility index (Phi) is 5.09. The fourth-order valence-corrected chi connectivity index (χ4v) is 4.25. The summed E-state index contributed by atoms with van der Waals surface area (Å²) >= 11 is 0. The lowest BCUT2D eigenvalue weighted by atomic mass is 9.77.